The molecule has 0 aromatic heterocycles. The van der Waals surface area contributed by atoms with Gasteiger partial charge in [0.05, 0.1) is 16.7 Å². The van der Waals surface area contributed by atoms with Crippen LogP contribution in [0.1, 0.15) is 40.5 Å². The highest BCUT2D eigenvalue weighted by Crippen LogP contribution is 2.84. The van der Waals surface area contributed by atoms with Gasteiger partial charge in [-0.15, -0.1) is 0 Å². The Balaban J connectivity index is 1.68. The number of ether oxygens (including phenoxy) is 4. The van der Waals surface area contributed by atoms with Gasteiger partial charge >= 0.3 is 17.9 Å². The van der Waals surface area contributed by atoms with Crippen molar-refractivity contribution in [2.24, 2.45) is 28.1 Å². The largest absolute Gasteiger partial charge is 0.459 e. The highest BCUT2D eigenvalue weighted by Gasteiger charge is 3.01. The number of esters is 3. The fourth-order valence-corrected chi connectivity index (χ4v) is 8.06. The first-order valence-electron chi connectivity index (χ1n) is 10.1. The van der Waals surface area contributed by atoms with E-state index in [1.54, 1.807) is 0 Å². The van der Waals surface area contributed by atoms with Crippen molar-refractivity contribution < 1.29 is 43.5 Å². The van der Waals surface area contributed by atoms with Gasteiger partial charge in [0.15, 0.2) is 11.7 Å². The molecule has 2 aliphatic carbocycles. The molecule has 6 aliphatic rings. The summed E-state index contributed by atoms with van der Waals surface area (Å²) in [4.78, 5) is 38.1. The Labute approximate surface area is 166 Å². The van der Waals surface area contributed by atoms with Gasteiger partial charge in [0, 0.05) is 6.42 Å². The topological polar surface area (TPSA) is 129 Å². The van der Waals surface area contributed by atoms with Crippen molar-refractivity contribution in [1.82, 2.24) is 0 Å². The number of aliphatic hydroxyl groups excluding tert-OH is 1. The molecule has 0 bridgehead atoms. The van der Waals surface area contributed by atoms with Crippen LogP contribution in [0.4, 0.5) is 0 Å². The monoisotopic (exact) mass is 408 g/mol. The predicted octanol–water partition coefficient (Wildman–Crippen LogP) is -0.340. The van der Waals surface area contributed by atoms with Gasteiger partial charge in [-0.25, -0.2) is 9.59 Å². The van der Waals surface area contributed by atoms with E-state index in [1.165, 1.54) is 6.92 Å². The Kier molecular flexibility index (Phi) is 2.79. The van der Waals surface area contributed by atoms with Crippen molar-refractivity contribution in [3.05, 3.63) is 0 Å². The molecule has 0 aromatic rings. The highest BCUT2D eigenvalue weighted by atomic mass is 16.8. The highest BCUT2D eigenvalue weighted by molar-refractivity contribution is 5.93. The summed E-state index contributed by atoms with van der Waals surface area (Å²) in [6.07, 6.45) is -3.96. The number of hydrogen-bond acceptors (Lipinski definition) is 9. The molecule has 9 nitrogen and oxygen atoms in total. The van der Waals surface area contributed by atoms with Gasteiger partial charge in [0.1, 0.15) is 12.2 Å². The first-order chi connectivity index (χ1) is 13.4. The van der Waals surface area contributed by atoms with Crippen LogP contribution in [-0.4, -0.2) is 63.9 Å². The number of carbonyl (C=O) groups is 3. The normalized spacial score (nSPS) is 59.2. The zero-order chi connectivity index (χ0) is 20.9. The molecule has 4 aliphatic heterocycles. The molecule has 0 amide bonds. The van der Waals surface area contributed by atoms with Crippen LogP contribution < -0.4 is 0 Å². The number of aliphatic hydroxyl groups is 2. The van der Waals surface area contributed by atoms with Crippen LogP contribution in [0.25, 0.3) is 0 Å². The second-order valence-corrected chi connectivity index (χ2v) is 10.6. The maximum Gasteiger partial charge on any atom is 0.342 e. The van der Waals surface area contributed by atoms with Crippen molar-refractivity contribution in [3.8, 4) is 0 Å². The van der Waals surface area contributed by atoms with Crippen LogP contribution in [0.15, 0.2) is 0 Å². The van der Waals surface area contributed by atoms with Crippen LogP contribution in [0.5, 0.6) is 0 Å². The minimum atomic E-state index is -1.97. The Morgan fingerprint density at radius 2 is 1.72 bits per heavy atom. The number of rotatable bonds is 0. The molecule has 2 saturated carbocycles. The SMILES string of the molecule is C[C@H]1C(=O)O[C@@H]2C[C@@]34[C@@H]5C[C@H](C(C)(C)C)[C@@]36[C@H](OC(=O)[C@H]6O)O[C@]4(C(=O)O5)[C@@]21O. The minimum absolute atomic E-state index is 0.0623. The Morgan fingerprint density at radius 3 is 2.38 bits per heavy atom. The van der Waals surface area contributed by atoms with Gasteiger partial charge in [0.2, 0.25) is 11.9 Å². The van der Waals surface area contributed by atoms with E-state index < -0.39 is 70.5 Å². The summed E-state index contributed by atoms with van der Waals surface area (Å²) < 4.78 is 22.9. The van der Waals surface area contributed by atoms with E-state index in [1.807, 2.05) is 20.8 Å². The Hall–Kier alpha value is -1.71. The van der Waals surface area contributed by atoms with Crippen molar-refractivity contribution in [2.75, 3.05) is 0 Å². The van der Waals surface area contributed by atoms with Crippen LogP contribution in [0.3, 0.4) is 0 Å². The lowest BCUT2D eigenvalue weighted by molar-refractivity contribution is -0.238. The quantitative estimate of drug-likeness (QED) is 0.408. The molecular formula is C20H24O9. The van der Waals surface area contributed by atoms with E-state index in [4.69, 9.17) is 18.9 Å². The second-order valence-electron chi connectivity index (χ2n) is 10.6. The molecule has 0 aromatic carbocycles. The van der Waals surface area contributed by atoms with Gasteiger partial charge in [-0.3, -0.25) is 4.79 Å². The lowest BCUT2D eigenvalue weighted by Gasteiger charge is -2.46. The lowest BCUT2D eigenvalue weighted by atomic mass is 9.51. The first kappa shape index (κ1) is 18.1. The second kappa shape index (κ2) is 4.48. The molecule has 2 spiro atoms. The fourth-order valence-electron chi connectivity index (χ4n) is 8.06. The molecule has 158 valence electrons. The average molecular weight is 408 g/mol. The molecule has 0 unspecified atom stereocenters. The molecule has 10 atom stereocenters. The van der Waals surface area contributed by atoms with E-state index in [0.29, 0.717) is 6.42 Å². The van der Waals surface area contributed by atoms with Crippen molar-refractivity contribution in [1.29, 1.82) is 0 Å². The first-order valence-corrected chi connectivity index (χ1v) is 10.1. The smallest absolute Gasteiger partial charge is 0.342 e. The Morgan fingerprint density at radius 1 is 1.03 bits per heavy atom. The van der Waals surface area contributed by atoms with E-state index >= 15 is 0 Å². The van der Waals surface area contributed by atoms with Crippen LogP contribution in [0, 0.1) is 28.1 Å². The van der Waals surface area contributed by atoms with Crippen molar-refractivity contribution in [3.63, 3.8) is 0 Å². The average Bonchev–Trinajstić information content (AvgIpc) is 3.31. The zero-order valence-electron chi connectivity index (χ0n) is 16.6. The predicted molar refractivity (Wildman–Crippen MR) is 90.6 cm³/mol. The lowest BCUT2D eigenvalue weighted by Crippen LogP contribution is -2.66. The third-order valence-corrected chi connectivity index (χ3v) is 8.97. The number of hydrogen-bond donors (Lipinski definition) is 2. The summed E-state index contributed by atoms with van der Waals surface area (Å²) in [5.41, 5.74) is -6.81. The summed E-state index contributed by atoms with van der Waals surface area (Å²) in [7, 11) is 0. The van der Waals surface area contributed by atoms with E-state index in [9.17, 15) is 24.6 Å². The molecule has 4 saturated heterocycles. The summed E-state index contributed by atoms with van der Waals surface area (Å²) in [6.45, 7) is 7.47. The summed E-state index contributed by atoms with van der Waals surface area (Å²) in [5, 5.41) is 23.0. The van der Waals surface area contributed by atoms with Crippen LogP contribution >= 0.6 is 0 Å². The van der Waals surface area contributed by atoms with Gasteiger partial charge < -0.3 is 29.2 Å². The molecule has 6 fully saturated rings. The molecule has 29 heavy (non-hydrogen) atoms. The maximum atomic E-state index is 13.3. The molecule has 0 radical (unpaired) electrons. The molecule has 2 N–H and O–H groups in total. The number of carbonyl (C=O) groups excluding carboxylic acids is 3. The van der Waals surface area contributed by atoms with Gasteiger partial charge in [-0.05, 0) is 24.7 Å². The summed E-state index contributed by atoms with van der Waals surface area (Å²) in [6, 6.07) is 0. The maximum absolute atomic E-state index is 13.3. The molecule has 9 heteroatoms. The van der Waals surface area contributed by atoms with Crippen LogP contribution in [0.2, 0.25) is 0 Å². The van der Waals surface area contributed by atoms with Crippen LogP contribution in [-0.2, 0) is 33.3 Å². The van der Waals surface area contributed by atoms with E-state index in [-0.39, 0.29) is 17.8 Å². The molecule has 4 heterocycles. The minimum Gasteiger partial charge on any atom is -0.459 e. The van der Waals surface area contributed by atoms with Gasteiger partial charge in [-0.2, -0.15) is 0 Å². The third kappa shape index (κ3) is 1.35. The summed E-state index contributed by atoms with van der Waals surface area (Å²) >= 11 is 0. The summed E-state index contributed by atoms with van der Waals surface area (Å²) in [5.74, 6) is -3.52. The molecule has 6 rings (SSSR count). The Bertz CT molecular complexity index is 893. The fraction of sp³-hybridized carbons (Fsp3) is 0.850. The van der Waals surface area contributed by atoms with Crippen molar-refractivity contribution >= 4 is 17.9 Å². The van der Waals surface area contributed by atoms with E-state index in [2.05, 4.69) is 0 Å². The number of fused-ring (bicyclic) bond motifs is 1. The van der Waals surface area contributed by atoms with E-state index in [0.717, 1.165) is 0 Å². The van der Waals surface area contributed by atoms with Gasteiger partial charge in [-0.1, -0.05) is 20.8 Å². The van der Waals surface area contributed by atoms with Crippen molar-refractivity contribution in [2.45, 2.75) is 76.3 Å². The zero-order valence-corrected chi connectivity index (χ0v) is 16.6. The standard InChI is InChI=1S/C20H24O9/c1-7-12(22)26-10-6-17-9-5-8(16(2,3)4)18(17)11(21)13(23)28-15(18)29-20(17,14(24)27-9)19(7,10)25/h7-11,15,21,25H,5-6H2,1-4H3/t7-,8+,9-,10+,11+,15+,17+,18+,19-,20-/m0/s1. The molecular weight excluding hydrogens is 384 g/mol. The van der Waals surface area contributed by atoms with Gasteiger partial charge in [0.25, 0.3) is 0 Å². The third-order valence-electron chi connectivity index (χ3n) is 8.97.